The molecule has 0 aliphatic rings. The lowest BCUT2D eigenvalue weighted by molar-refractivity contribution is 0.103. The Kier molecular flexibility index (Phi) is 3.40. The Bertz CT molecular complexity index is 788. The zero-order valence-corrected chi connectivity index (χ0v) is 12.0. The topological polar surface area (TPSA) is 43.1 Å². The van der Waals surface area contributed by atoms with Crippen LogP contribution in [0.4, 0.5) is 0 Å². The lowest BCUT2D eigenvalue weighted by atomic mass is 10.0. The number of carbonyl (C=O) groups is 1. The number of aryl methyl sites for hydroxylation is 2. The van der Waals surface area contributed by atoms with E-state index >= 15 is 0 Å². The third-order valence-corrected chi connectivity index (χ3v) is 3.43. The number of hydrogen-bond donors (Lipinski definition) is 0. The van der Waals surface area contributed by atoms with Gasteiger partial charge in [-0.3, -0.25) is 4.79 Å². The van der Waals surface area contributed by atoms with Crippen molar-refractivity contribution in [1.29, 1.82) is 0 Å². The molecule has 0 fully saturated rings. The summed E-state index contributed by atoms with van der Waals surface area (Å²) in [6.45, 7) is 3.93. The van der Waals surface area contributed by atoms with E-state index in [1.807, 2.05) is 62.4 Å². The normalized spacial score (nSPS) is 10.6. The first kappa shape index (κ1) is 13.3. The molecule has 0 atom stereocenters. The highest BCUT2D eigenvalue weighted by atomic mass is 16.5. The average molecular weight is 277 g/mol. The maximum Gasteiger partial charge on any atom is 0.215 e. The van der Waals surface area contributed by atoms with Crippen molar-refractivity contribution in [2.75, 3.05) is 0 Å². The zero-order chi connectivity index (χ0) is 14.8. The SMILES string of the molecule is Cc1ccc(C(=O)c2cc(-c3ccccc3)on2)c(C)c1. The van der Waals surface area contributed by atoms with Crippen LogP contribution < -0.4 is 0 Å². The Labute approximate surface area is 123 Å². The number of aromatic nitrogens is 1. The van der Waals surface area contributed by atoms with Crippen LogP contribution in [0.3, 0.4) is 0 Å². The molecule has 0 aliphatic heterocycles. The highest BCUT2D eigenvalue weighted by molar-refractivity contribution is 6.09. The molecule has 0 N–H and O–H groups in total. The minimum Gasteiger partial charge on any atom is -0.356 e. The van der Waals surface area contributed by atoms with Gasteiger partial charge in [0.2, 0.25) is 5.78 Å². The standard InChI is InChI=1S/C18H15NO2/c1-12-8-9-15(13(2)10-12)18(20)16-11-17(21-19-16)14-6-4-3-5-7-14/h3-11H,1-2H3. The summed E-state index contributed by atoms with van der Waals surface area (Å²) in [7, 11) is 0. The Balaban J connectivity index is 1.94. The van der Waals surface area contributed by atoms with Crippen LogP contribution in [0.25, 0.3) is 11.3 Å². The molecule has 104 valence electrons. The summed E-state index contributed by atoms with van der Waals surface area (Å²) in [5, 5.41) is 3.91. The quantitative estimate of drug-likeness (QED) is 0.674. The highest BCUT2D eigenvalue weighted by Crippen LogP contribution is 2.22. The number of benzene rings is 2. The van der Waals surface area contributed by atoms with Crippen molar-refractivity contribution < 1.29 is 9.32 Å². The Morgan fingerprint density at radius 1 is 1.00 bits per heavy atom. The van der Waals surface area contributed by atoms with Crippen molar-refractivity contribution in [1.82, 2.24) is 5.16 Å². The van der Waals surface area contributed by atoms with Crippen LogP contribution in [-0.2, 0) is 0 Å². The fourth-order valence-electron chi connectivity index (χ4n) is 2.33. The minimum absolute atomic E-state index is 0.113. The average Bonchev–Trinajstić information content (AvgIpc) is 2.97. The van der Waals surface area contributed by atoms with Gasteiger partial charge in [-0.05, 0) is 19.4 Å². The van der Waals surface area contributed by atoms with Crippen molar-refractivity contribution in [3.8, 4) is 11.3 Å². The van der Waals surface area contributed by atoms with E-state index in [4.69, 9.17) is 4.52 Å². The molecule has 3 heteroatoms. The second-order valence-corrected chi connectivity index (χ2v) is 5.09. The van der Waals surface area contributed by atoms with Crippen molar-refractivity contribution in [3.05, 3.63) is 77.0 Å². The minimum atomic E-state index is -0.113. The van der Waals surface area contributed by atoms with Crippen molar-refractivity contribution >= 4 is 5.78 Å². The van der Waals surface area contributed by atoms with Gasteiger partial charge >= 0.3 is 0 Å². The summed E-state index contributed by atoms with van der Waals surface area (Å²) in [6, 6.07) is 17.1. The van der Waals surface area contributed by atoms with E-state index in [1.165, 1.54) is 0 Å². The lowest BCUT2D eigenvalue weighted by Crippen LogP contribution is -2.04. The van der Waals surface area contributed by atoms with Crippen LogP contribution in [0.1, 0.15) is 27.2 Å². The van der Waals surface area contributed by atoms with E-state index < -0.39 is 0 Å². The lowest BCUT2D eigenvalue weighted by Gasteiger charge is -2.03. The molecule has 0 spiro atoms. The Morgan fingerprint density at radius 3 is 2.48 bits per heavy atom. The predicted molar refractivity (Wildman–Crippen MR) is 81.3 cm³/mol. The van der Waals surface area contributed by atoms with E-state index in [-0.39, 0.29) is 5.78 Å². The smallest absolute Gasteiger partial charge is 0.215 e. The molecular formula is C18H15NO2. The van der Waals surface area contributed by atoms with Crippen LogP contribution in [0.2, 0.25) is 0 Å². The van der Waals surface area contributed by atoms with Crippen LogP contribution in [0, 0.1) is 13.8 Å². The molecule has 0 unspecified atom stereocenters. The maximum atomic E-state index is 12.5. The fourth-order valence-corrected chi connectivity index (χ4v) is 2.33. The van der Waals surface area contributed by atoms with E-state index in [2.05, 4.69) is 5.16 Å². The van der Waals surface area contributed by atoms with E-state index in [0.717, 1.165) is 16.7 Å². The Hall–Kier alpha value is -2.68. The van der Waals surface area contributed by atoms with Crippen molar-refractivity contribution in [2.24, 2.45) is 0 Å². The molecule has 21 heavy (non-hydrogen) atoms. The second kappa shape index (κ2) is 5.37. The molecule has 0 amide bonds. The molecule has 0 saturated heterocycles. The summed E-state index contributed by atoms with van der Waals surface area (Å²) in [5.41, 5.74) is 3.98. The van der Waals surface area contributed by atoms with Gasteiger partial charge in [0.1, 0.15) is 0 Å². The van der Waals surface area contributed by atoms with Crippen LogP contribution in [0.15, 0.2) is 59.1 Å². The first-order valence-electron chi connectivity index (χ1n) is 6.79. The molecule has 3 rings (SSSR count). The summed E-state index contributed by atoms with van der Waals surface area (Å²) >= 11 is 0. The molecule has 0 aliphatic carbocycles. The van der Waals surface area contributed by atoms with Gasteiger partial charge in [-0.25, -0.2) is 0 Å². The molecule has 0 bridgehead atoms. The van der Waals surface area contributed by atoms with Gasteiger partial charge in [-0.15, -0.1) is 0 Å². The molecule has 0 radical (unpaired) electrons. The van der Waals surface area contributed by atoms with Crippen LogP contribution >= 0.6 is 0 Å². The third kappa shape index (κ3) is 2.63. The Morgan fingerprint density at radius 2 is 1.76 bits per heavy atom. The number of carbonyl (C=O) groups excluding carboxylic acids is 1. The van der Waals surface area contributed by atoms with Gasteiger partial charge in [-0.1, -0.05) is 59.3 Å². The van der Waals surface area contributed by atoms with Gasteiger partial charge in [0.15, 0.2) is 11.5 Å². The van der Waals surface area contributed by atoms with Gasteiger partial charge in [0, 0.05) is 17.2 Å². The summed E-state index contributed by atoms with van der Waals surface area (Å²) in [5.74, 6) is 0.488. The molecule has 3 aromatic rings. The summed E-state index contributed by atoms with van der Waals surface area (Å²) in [6.07, 6.45) is 0. The molecule has 3 nitrogen and oxygen atoms in total. The first-order valence-corrected chi connectivity index (χ1v) is 6.79. The van der Waals surface area contributed by atoms with Crippen molar-refractivity contribution in [2.45, 2.75) is 13.8 Å². The number of hydrogen-bond acceptors (Lipinski definition) is 3. The van der Waals surface area contributed by atoms with E-state index in [9.17, 15) is 4.79 Å². The monoisotopic (exact) mass is 277 g/mol. The van der Waals surface area contributed by atoms with Gasteiger partial charge in [-0.2, -0.15) is 0 Å². The largest absolute Gasteiger partial charge is 0.356 e. The molecule has 2 aromatic carbocycles. The third-order valence-electron chi connectivity index (χ3n) is 3.43. The predicted octanol–water partition coefficient (Wildman–Crippen LogP) is 4.19. The van der Waals surface area contributed by atoms with Crippen molar-refractivity contribution in [3.63, 3.8) is 0 Å². The van der Waals surface area contributed by atoms with Gasteiger partial charge in [0.25, 0.3) is 0 Å². The first-order chi connectivity index (χ1) is 10.1. The molecule has 1 heterocycles. The van der Waals surface area contributed by atoms with E-state index in [0.29, 0.717) is 17.0 Å². The number of ketones is 1. The zero-order valence-electron chi connectivity index (χ0n) is 12.0. The summed E-state index contributed by atoms with van der Waals surface area (Å²) in [4.78, 5) is 12.5. The highest BCUT2D eigenvalue weighted by Gasteiger charge is 2.17. The maximum absolute atomic E-state index is 12.5. The van der Waals surface area contributed by atoms with E-state index in [1.54, 1.807) is 6.07 Å². The fraction of sp³-hybridized carbons (Fsp3) is 0.111. The summed E-state index contributed by atoms with van der Waals surface area (Å²) < 4.78 is 5.29. The van der Waals surface area contributed by atoms with Crippen LogP contribution in [0.5, 0.6) is 0 Å². The second-order valence-electron chi connectivity index (χ2n) is 5.09. The van der Waals surface area contributed by atoms with Gasteiger partial charge in [0.05, 0.1) is 0 Å². The number of rotatable bonds is 3. The molecule has 1 aromatic heterocycles. The number of nitrogens with zero attached hydrogens (tertiary/aromatic N) is 1. The van der Waals surface area contributed by atoms with Crippen LogP contribution in [-0.4, -0.2) is 10.9 Å². The molecular weight excluding hydrogens is 262 g/mol. The van der Waals surface area contributed by atoms with Gasteiger partial charge < -0.3 is 4.52 Å². The molecule has 0 saturated carbocycles.